The minimum atomic E-state index is -0.915. The first-order valence-electron chi connectivity index (χ1n) is 6.18. The lowest BCUT2D eigenvalue weighted by atomic mass is 10.1. The van der Waals surface area contributed by atoms with E-state index in [2.05, 4.69) is 0 Å². The number of amides is 2. The fraction of sp³-hybridized carbons (Fsp3) is 0.818. The maximum Gasteiger partial charge on any atom is 0.320 e. The van der Waals surface area contributed by atoms with Gasteiger partial charge >= 0.3 is 12.0 Å². The molecule has 0 spiro atoms. The highest BCUT2D eigenvalue weighted by Gasteiger charge is 2.34. The molecular formula is C11H19N3O4. The van der Waals surface area contributed by atoms with E-state index in [1.54, 1.807) is 9.80 Å². The van der Waals surface area contributed by atoms with Gasteiger partial charge in [0.1, 0.15) is 0 Å². The Labute approximate surface area is 105 Å². The molecule has 2 saturated heterocycles. The molecule has 7 nitrogen and oxygen atoms in total. The molecule has 2 unspecified atom stereocenters. The third-order valence-corrected chi connectivity index (χ3v) is 3.38. The Morgan fingerprint density at radius 2 is 2.17 bits per heavy atom. The third-order valence-electron chi connectivity index (χ3n) is 3.38. The van der Waals surface area contributed by atoms with Gasteiger partial charge in [-0.15, -0.1) is 0 Å². The number of nitrogens with zero attached hydrogens (tertiary/aromatic N) is 2. The number of hydrogen-bond acceptors (Lipinski definition) is 4. The Morgan fingerprint density at radius 1 is 1.39 bits per heavy atom. The second kappa shape index (κ2) is 5.53. The summed E-state index contributed by atoms with van der Waals surface area (Å²) in [5.41, 5.74) is 5.78. The number of ether oxygens (including phenoxy) is 1. The zero-order valence-corrected chi connectivity index (χ0v) is 10.2. The summed E-state index contributed by atoms with van der Waals surface area (Å²) in [6.07, 6.45) is 0.727. The van der Waals surface area contributed by atoms with Gasteiger partial charge in [0, 0.05) is 25.7 Å². The Balaban J connectivity index is 1.99. The molecule has 102 valence electrons. The molecule has 0 aromatic carbocycles. The lowest BCUT2D eigenvalue weighted by Crippen LogP contribution is -2.54. The number of carboxylic acid groups (broad SMARTS) is 1. The van der Waals surface area contributed by atoms with Gasteiger partial charge in [0.15, 0.2) is 0 Å². The molecule has 0 saturated carbocycles. The molecular weight excluding hydrogens is 238 g/mol. The molecule has 0 bridgehead atoms. The van der Waals surface area contributed by atoms with E-state index in [4.69, 9.17) is 15.6 Å². The average Bonchev–Trinajstić information content (AvgIpc) is 2.75. The van der Waals surface area contributed by atoms with E-state index in [1.807, 2.05) is 0 Å². The van der Waals surface area contributed by atoms with Gasteiger partial charge in [0.05, 0.1) is 25.7 Å². The van der Waals surface area contributed by atoms with Crippen molar-refractivity contribution in [1.29, 1.82) is 0 Å². The van der Waals surface area contributed by atoms with E-state index in [9.17, 15) is 9.59 Å². The first-order chi connectivity index (χ1) is 8.58. The smallest absolute Gasteiger partial charge is 0.320 e. The van der Waals surface area contributed by atoms with Crippen LogP contribution in [0.4, 0.5) is 4.79 Å². The Bertz CT molecular complexity index is 336. The number of nitrogens with two attached hydrogens (primary N) is 1. The molecule has 2 amide bonds. The van der Waals surface area contributed by atoms with Crippen LogP contribution in [0.25, 0.3) is 0 Å². The number of likely N-dealkylation sites (tertiary alicyclic amines) is 1. The summed E-state index contributed by atoms with van der Waals surface area (Å²) in [6.45, 7) is 2.40. The maximum atomic E-state index is 12.3. The van der Waals surface area contributed by atoms with Crippen LogP contribution in [-0.2, 0) is 9.53 Å². The van der Waals surface area contributed by atoms with Crippen molar-refractivity contribution in [2.75, 3.05) is 32.8 Å². The summed E-state index contributed by atoms with van der Waals surface area (Å²) < 4.78 is 5.25. The number of hydrogen-bond donors (Lipinski definition) is 2. The number of rotatable bonds is 2. The van der Waals surface area contributed by atoms with Crippen molar-refractivity contribution in [1.82, 2.24) is 9.80 Å². The number of carbonyl (C=O) groups is 2. The second-order valence-electron chi connectivity index (χ2n) is 4.80. The minimum absolute atomic E-state index is 0.0351. The van der Waals surface area contributed by atoms with E-state index in [1.165, 1.54) is 0 Å². The van der Waals surface area contributed by atoms with Crippen molar-refractivity contribution in [3.63, 3.8) is 0 Å². The fourth-order valence-corrected chi connectivity index (χ4v) is 2.42. The van der Waals surface area contributed by atoms with Gasteiger partial charge in [-0.05, 0) is 6.42 Å². The summed E-state index contributed by atoms with van der Waals surface area (Å²) in [5.74, 6) is -0.915. The number of carbonyl (C=O) groups excluding carboxylic acids is 1. The molecule has 0 aliphatic carbocycles. The Morgan fingerprint density at radius 3 is 2.78 bits per heavy atom. The predicted octanol–water partition coefficient (Wildman–Crippen LogP) is -0.685. The van der Waals surface area contributed by atoms with Crippen LogP contribution in [0.3, 0.4) is 0 Å². The van der Waals surface area contributed by atoms with Gasteiger partial charge in [-0.25, -0.2) is 4.79 Å². The zero-order chi connectivity index (χ0) is 13.1. The summed E-state index contributed by atoms with van der Waals surface area (Å²) in [5, 5.41) is 8.85. The van der Waals surface area contributed by atoms with Gasteiger partial charge in [-0.2, -0.15) is 0 Å². The number of urea groups is 1. The van der Waals surface area contributed by atoms with Gasteiger partial charge < -0.3 is 25.4 Å². The average molecular weight is 257 g/mol. The van der Waals surface area contributed by atoms with E-state index >= 15 is 0 Å². The molecule has 7 heteroatoms. The van der Waals surface area contributed by atoms with Crippen LogP contribution < -0.4 is 5.73 Å². The van der Waals surface area contributed by atoms with Gasteiger partial charge in [0.25, 0.3) is 0 Å². The van der Waals surface area contributed by atoms with E-state index < -0.39 is 5.97 Å². The first kappa shape index (κ1) is 13.1. The van der Waals surface area contributed by atoms with Gasteiger partial charge in [-0.1, -0.05) is 0 Å². The molecule has 0 aromatic rings. The largest absolute Gasteiger partial charge is 0.481 e. The van der Waals surface area contributed by atoms with E-state index in [0.29, 0.717) is 26.2 Å². The zero-order valence-electron chi connectivity index (χ0n) is 10.2. The molecule has 2 aliphatic heterocycles. The highest BCUT2D eigenvalue weighted by Crippen LogP contribution is 2.16. The fourth-order valence-electron chi connectivity index (χ4n) is 2.42. The summed E-state index contributed by atoms with van der Waals surface area (Å²) >= 11 is 0. The third kappa shape index (κ3) is 2.91. The monoisotopic (exact) mass is 257 g/mol. The van der Waals surface area contributed by atoms with Gasteiger partial charge in [-0.3, -0.25) is 4.79 Å². The number of aliphatic carboxylic acids is 1. The van der Waals surface area contributed by atoms with E-state index in [0.717, 1.165) is 6.42 Å². The van der Waals surface area contributed by atoms with Crippen LogP contribution in [0, 0.1) is 0 Å². The molecule has 0 radical (unpaired) electrons. The van der Waals surface area contributed by atoms with Crippen LogP contribution in [0.5, 0.6) is 0 Å². The van der Waals surface area contributed by atoms with Crippen molar-refractivity contribution < 1.29 is 19.4 Å². The van der Waals surface area contributed by atoms with Crippen molar-refractivity contribution in [2.24, 2.45) is 5.73 Å². The maximum absolute atomic E-state index is 12.3. The predicted molar refractivity (Wildman–Crippen MR) is 63.1 cm³/mol. The standard InChI is InChI=1S/C11H19N3O4/c12-8-1-2-13(6-8)11(17)14-3-4-18-7-9(14)5-10(15)16/h8-9H,1-7,12H2,(H,15,16). The van der Waals surface area contributed by atoms with Gasteiger partial charge in [0.2, 0.25) is 0 Å². The highest BCUT2D eigenvalue weighted by atomic mass is 16.5. The summed E-state index contributed by atoms with van der Waals surface area (Å²) in [7, 11) is 0. The Kier molecular flexibility index (Phi) is 4.03. The lowest BCUT2D eigenvalue weighted by Gasteiger charge is -2.37. The number of morpholine rings is 1. The highest BCUT2D eigenvalue weighted by molar-refractivity contribution is 5.76. The SMILES string of the molecule is NC1CCN(C(=O)N2CCOCC2CC(=O)O)C1. The lowest BCUT2D eigenvalue weighted by molar-refractivity contribution is -0.139. The van der Waals surface area contributed by atoms with Crippen LogP contribution >= 0.6 is 0 Å². The van der Waals surface area contributed by atoms with E-state index in [-0.39, 0.29) is 31.1 Å². The molecule has 2 aliphatic rings. The van der Waals surface area contributed by atoms with Crippen molar-refractivity contribution in [3.05, 3.63) is 0 Å². The van der Waals surface area contributed by atoms with Crippen molar-refractivity contribution >= 4 is 12.0 Å². The Hall–Kier alpha value is -1.34. The van der Waals surface area contributed by atoms with Crippen LogP contribution in [-0.4, -0.2) is 71.8 Å². The molecule has 2 rings (SSSR count). The molecule has 2 atom stereocenters. The normalized spacial score (nSPS) is 28.5. The summed E-state index contributed by atoms with van der Waals surface area (Å²) in [4.78, 5) is 26.4. The number of carboxylic acids is 1. The van der Waals surface area contributed by atoms with Crippen LogP contribution in [0.1, 0.15) is 12.8 Å². The molecule has 18 heavy (non-hydrogen) atoms. The van der Waals surface area contributed by atoms with Crippen molar-refractivity contribution in [3.8, 4) is 0 Å². The quantitative estimate of drug-likeness (QED) is 0.683. The first-order valence-corrected chi connectivity index (χ1v) is 6.18. The van der Waals surface area contributed by atoms with Crippen LogP contribution in [0.15, 0.2) is 0 Å². The molecule has 2 fully saturated rings. The molecule has 2 heterocycles. The topological polar surface area (TPSA) is 96.1 Å². The second-order valence-corrected chi connectivity index (χ2v) is 4.80. The minimum Gasteiger partial charge on any atom is -0.481 e. The molecule has 0 aromatic heterocycles. The van der Waals surface area contributed by atoms with Crippen molar-refractivity contribution in [2.45, 2.75) is 24.9 Å². The van der Waals surface area contributed by atoms with Crippen LogP contribution in [0.2, 0.25) is 0 Å². The molecule has 3 N–H and O–H groups in total. The summed E-state index contributed by atoms with van der Waals surface area (Å²) in [6, 6.07) is -0.453.